The van der Waals surface area contributed by atoms with Gasteiger partial charge in [0, 0.05) is 25.3 Å². The number of carbonyl (C=O) groups is 4. The predicted octanol–water partition coefficient (Wildman–Crippen LogP) is -1.71. The Labute approximate surface area is 220 Å². The van der Waals surface area contributed by atoms with E-state index in [0.29, 0.717) is 31.4 Å². The second-order valence-electron chi connectivity index (χ2n) is 8.76. The van der Waals surface area contributed by atoms with Gasteiger partial charge in [-0.15, -0.1) is 0 Å². The van der Waals surface area contributed by atoms with E-state index in [1.807, 2.05) is 0 Å². The molecule has 4 unspecified atom stereocenters. The molecule has 3 amide bonds. The third-order valence-corrected chi connectivity index (χ3v) is 6.31. The van der Waals surface area contributed by atoms with Crippen LogP contribution in [0.25, 0.3) is 0 Å². The lowest BCUT2D eigenvalue weighted by atomic mass is 10.0. The Morgan fingerprint density at radius 1 is 1.14 bits per heavy atom. The number of carboxylic acids is 1. The molecular formula is C23H35N7O6S. The van der Waals surface area contributed by atoms with Crippen LogP contribution in [0.15, 0.2) is 29.3 Å². The van der Waals surface area contributed by atoms with E-state index in [1.165, 1.54) is 17.0 Å². The van der Waals surface area contributed by atoms with E-state index in [-0.39, 0.29) is 36.8 Å². The van der Waals surface area contributed by atoms with Crippen molar-refractivity contribution in [3.8, 4) is 5.75 Å². The van der Waals surface area contributed by atoms with Gasteiger partial charge in [-0.05, 0) is 43.4 Å². The lowest BCUT2D eigenvalue weighted by Gasteiger charge is -2.28. The molecule has 1 aliphatic rings. The smallest absolute Gasteiger partial charge is 0.326 e. The van der Waals surface area contributed by atoms with Gasteiger partial charge in [0.05, 0.1) is 6.04 Å². The number of hydrogen-bond donors (Lipinski definition) is 8. The van der Waals surface area contributed by atoms with Crippen LogP contribution in [0.1, 0.15) is 31.2 Å². The van der Waals surface area contributed by atoms with Gasteiger partial charge in [0.2, 0.25) is 17.7 Å². The number of phenolic OH excluding ortho intramolecular Hbond substituents is 1. The Bertz CT molecular complexity index is 986. The van der Waals surface area contributed by atoms with Crippen LogP contribution in [0.5, 0.6) is 5.75 Å². The van der Waals surface area contributed by atoms with Gasteiger partial charge < -0.3 is 42.9 Å². The van der Waals surface area contributed by atoms with Gasteiger partial charge in [-0.2, -0.15) is 12.6 Å². The summed E-state index contributed by atoms with van der Waals surface area (Å²) in [6.45, 7) is 0.541. The summed E-state index contributed by atoms with van der Waals surface area (Å²) in [5.41, 5.74) is 17.0. The van der Waals surface area contributed by atoms with Crippen LogP contribution in [-0.2, 0) is 25.6 Å². The summed E-state index contributed by atoms with van der Waals surface area (Å²) < 4.78 is 0. The number of carbonyl (C=O) groups excluding carboxylic acids is 3. The van der Waals surface area contributed by atoms with Crippen LogP contribution >= 0.6 is 12.6 Å². The number of aliphatic carboxylic acids is 1. The average Bonchev–Trinajstić information content (AvgIpc) is 3.35. The Kier molecular flexibility index (Phi) is 11.5. The molecule has 1 aromatic rings. The number of nitrogens with two attached hydrogens (primary N) is 3. The summed E-state index contributed by atoms with van der Waals surface area (Å²) >= 11 is 4.05. The summed E-state index contributed by atoms with van der Waals surface area (Å²) in [5.74, 6) is -2.88. The van der Waals surface area contributed by atoms with Gasteiger partial charge in [-0.3, -0.25) is 19.4 Å². The Morgan fingerprint density at radius 3 is 2.41 bits per heavy atom. The second-order valence-corrected chi connectivity index (χ2v) is 9.12. The summed E-state index contributed by atoms with van der Waals surface area (Å²) in [6, 6.07) is 1.99. The maximum Gasteiger partial charge on any atom is 0.326 e. The molecule has 37 heavy (non-hydrogen) atoms. The monoisotopic (exact) mass is 537 g/mol. The second kappa shape index (κ2) is 14.3. The highest BCUT2D eigenvalue weighted by molar-refractivity contribution is 7.80. The molecule has 0 saturated carbocycles. The van der Waals surface area contributed by atoms with Crippen LogP contribution in [0.2, 0.25) is 0 Å². The first-order valence-electron chi connectivity index (χ1n) is 11.9. The molecule has 204 valence electrons. The number of phenols is 1. The number of rotatable bonds is 13. The quantitative estimate of drug-likeness (QED) is 0.0619. The lowest BCUT2D eigenvalue weighted by Crippen LogP contribution is -2.57. The molecule has 1 saturated heterocycles. The minimum atomic E-state index is -1.25. The fraction of sp³-hybridized carbons (Fsp3) is 0.522. The molecule has 0 aliphatic carbocycles. The molecule has 1 aromatic carbocycles. The Morgan fingerprint density at radius 2 is 1.81 bits per heavy atom. The fourth-order valence-electron chi connectivity index (χ4n) is 3.97. The van der Waals surface area contributed by atoms with Gasteiger partial charge in [0.15, 0.2) is 5.96 Å². The molecule has 14 heteroatoms. The number of guanidine groups is 1. The zero-order chi connectivity index (χ0) is 27.5. The van der Waals surface area contributed by atoms with Crippen molar-refractivity contribution < 1.29 is 29.4 Å². The average molecular weight is 538 g/mol. The van der Waals surface area contributed by atoms with Crippen molar-refractivity contribution in [3.63, 3.8) is 0 Å². The van der Waals surface area contributed by atoms with Crippen LogP contribution in [0.4, 0.5) is 0 Å². The molecule has 10 N–H and O–H groups in total. The van der Waals surface area contributed by atoms with E-state index in [9.17, 15) is 29.4 Å². The minimum absolute atomic E-state index is 0.0228. The molecule has 0 spiro atoms. The van der Waals surface area contributed by atoms with Crippen LogP contribution < -0.4 is 27.8 Å². The topological polar surface area (TPSA) is 226 Å². The molecule has 1 fully saturated rings. The summed E-state index contributed by atoms with van der Waals surface area (Å²) in [5, 5.41) is 24.3. The van der Waals surface area contributed by atoms with Gasteiger partial charge >= 0.3 is 5.97 Å². The van der Waals surface area contributed by atoms with Crippen molar-refractivity contribution in [2.75, 3.05) is 18.8 Å². The Balaban J connectivity index is 2.18. The molecule has 0 bridgehead atoms. The maximum absolute atomic E-state index is 13.2. The van der Waals surface area contributed by atoms with Gasteiger partial charge in [-0.25, -0.2) is 4.79 Å². The molecule has 1 heterocycles. The third-order valence-electron chi connectivity index (χ3n) is 5.92. The number of thiol groups is 1. The molecule has 0 aromatic heterocycles. The van der Waals surface area contributed by atoms with E-state index >= 15 is 0 Å². The molecule has 4 atom stereocenters. The van der Waals surface area contributed by atoms with Gasteiger partial charge in [-0.1, -0.05) is 12.1 Å². The number of nitrogens with zero attached hydrogens (tertiary/aromatic N) is 2. The first-order chi connectivity index (χ1) is 17.5. The fourth-order valence-corrected chi connectivity index (χ4v) is 4.13. The number of amides is 3. The zero-order valence-electron chi connectivity index (χ0n) is 20.4. The number of likely N-dealkylation sites (tertiary alicyclic amines) is 1. The van der Waals surface area contributed by atoms with Crippen molar-refractivity contribution in [2.24, 2.45) is 22.2 Å². The van der Waals surface area contributed by atoms with Gasteiger partial charge in [0.1, 0.15) is 23.9 Å². The van der Waals surface area contributed by atoms with Crippen molar-refractivity contribution in [3.05, 3.63) is 29.8 Å². The number of benzene rings is 1. The standard InChI is InChI=1S/C23H35N7O6S/c24-15(12-37)21(34)30-10-2-4-18(30)20(33)29-17(11-13-5-7-14(31)8-6-13)19(32)28-16(22(35)36)3-1-9-27-23(25)26/h5-8,15-18,31,37H,1-4,9-12,24H2,(H,28,32)(H,29,33)(H,35,36)(H4,25,26,27). The number of aromatic hydroxyl groups is 1. The van der Waals surface area contributed by atoms with E-state index < -0.39 is 47.9 Å². The third kappa shape index (κ3) is 9.13. The first kappa shape index (κ1) is 29.7. The molecule has 1 aliphatic heterocycles. The first-order valence-corrected chi connectivity index (χ1v) is 12.5. The number of carboxylic acid groups (broad SMARTS) is 1. The number of hydrogen-bond acceptors (Lipinski definition) is 8. The minimum Gasteiger partial charge on any atom is -0.508 e. The SMILES string of the molecule is NC(N)=NCCCC(NC(=O)C(Cc1ccc(O)cc1)NC(=O)C1CCCN1C(=O)C(N)CS)C(=O)O. The highest BCUT2D eigenvalue weighted by Crippen LogP contribution is 2.19. The van der Waals surface area contributed by atoms with E-state index in [4.69, 9.17) is 17.2 Å². The zero-order valence-corrected chi connectivity index (χ0v) is 21.3. The lowest BCUT2D eigenvalue weighted by molar-refractivity contribution is -0.143. The summed E-state index contributed by atoms with van der Waals surface area (Å²) in [6.07, 6.45) is 1.37. The van der Waals surface area contributed by atoms with E-state index in [1.54, 1.807) is 12.1 Å². The van der Waals surface area contributed by atoms with Crippen LogP contribution in [0, 0.1) is 0 Å². The van der Waals surface area contributed by atoms with Crippen molar-refractivity contribution in [2.45, 2.75) is 56.3 Å². The van der Waals surface area contributed by atoms with Crippen molar-refractivity contribution >= 4 is 42.3 Å². The maximum atomic E-state index is 13.2. The number of aliphatic imine (C=N–C) groups is 1. The molecular weight excluding hydrogens is 502 g/mol. The van der Waals surface area contributed by atoms with E-state index in [0.717, 1.165) is 0 Å². The number of nitrogens with one attached hydrogen (secondary N) is 2. The highest BCUT2D eigenvalue weighted by atomic mass is 32.1. The largest absolute Gasteiger partial charge is 0.508 e. The molecule has 2 rings (SSSR count). The van der Waals surface area contributed by atoms with Crippen molar-refractivity contribution in [1.82, 2.24) is 15.5 Å². The predicted molar refractivity (Wildman–Crippen MR) is 140 cm³/mol. The normalized spacial score (nSPS) is 17.4. The van der Waals surface area contributed by atoms with Crippen molar-refractivity contribution in [1.29, 1.82) is 0 Å². The highest BCUT2D eigenvalue weighted by Gasteiger charge is 2.37. The van der Waals surface area contributed by atoms with Crippen LogP contribution in [-0.4, -0.2) is 87.8 Å². The molecule has 0 radical (unpaired) electrons. The summed E-state index contributed by atoms with van der Waals surface area (Å²) in [7, 11) is 0. The van der Waals surface area contributed by atoms with Gasteiger partial charge in [0.25, 0.3) is 0 Å². The molecule has 13 nitrogen and oxygen atoms in total. The van der Waals surface area contributed by atoms with Crippen LogP contribution in [0.3, 0.4) is 0 Å². The summed E-state index contributed by atoms with van der Waals surface area (Å²) in [4.78, 5) is 55.9. The Hall–Kier alpha value is -3.52. The van der Waals surface area contributed by atoms with E-state index in [2.05, 4.69) is 28.3 Å².